The Morgan fingerprint density at radius 1 is 1.31 bits per heavy atom. The lowest BCUT2D eigenvalue weighted by atomic mass is 10.3. The van der Waals surface area contributed by atoms with Crippen LogP contribution < -0.4 is 16.8 Å². The second-order valence-electron chi connectivity index (χ2n) is 5.00. The van der Waals surface area contributed by atoms with Crippen LogP contribution in [0.3, 0.4) is 0 Å². The second-order valence-corrected chi connectivity index (χ2v) is 5.00. The summed E-state index contributed by atoms with van der Waals surface area (Å²) in [6.07, 6.45) is 2.69. The van der Waals surface area contributed by atoms with Gasteiger partial charge in [0.05, 0.1) is 45.3 Å². The molecular formula is C11H22N5+. The minimum absolute atomic E-state index is 0.592. The largest absolute Gasteiger partial charge is 0.397 e. The maximum atomic E-state index is 5.78. The molecule has 1 aromatic rings. The van der Waals surface area contributed by atoms with E-state index in [0.29, 0.717) is 11.4 Å². The van der Waals surface area contributed by atoms with Crippen molar-refractivity contribution >= 4 is 17.2 Å². The number of quaternary nitrogens is 1. The standard InChI is InChI=1S/C11H22N5/c1-16(2,3)6-4-5-14-11-10(13)7-9(12)8-15-11/h7-8H,4-6,12-13H2,1-3H3,(H,14,15)/q+1. The summed E-state index contributed by atoms with van der Waals surface area (Å²) in [7, 11) is 6.53. The first-order chi connectivity index (χ1) is 7.38. The van der Waals surface area contributed by atoms with Crippen LogP contribution in [0.1, 0.15) is 6.42 Å². The molecule has 90 valence electrons. The third kappa shape index (κ3) is 4.35. The Kier molecular flexibility index (Phi) is 3.95. The molecule has 0 unspecified atom stereocenters. The summed E-state index contributed by atoms with van der Waals surface area (Å²) in [5.41, 5.74) is 12.5. The number of nitrogen functional groups attached to an aromatic ring is 2. The summed E-state index contributed by atoms with van der Waals surface area (Å²) >= 11 is 0. The molecule has 0 saturated carbocycles. The molecule has 0 aliphatic carbocycles. The van der Waals surface area contributed by atoms with Gasteiger partial charge in [0, 0.05) is 13.0 Å². The number of anilines is 3. The fourth-order valence-electron chi connectivity index (χ4n) is 1.41. The average Bonchev–Trinajstić information content (AvgIpc) is 2.13. The number of aromatic nitrogens is 1. The quantitative estimate of drug-likeness (QED) is 0.509. The SMILES string of the molecule is C[N+](C)(C)CCCNc1ncc(N)cc1N. The summed E-state index contributed by atoms with van der Waals surface area (Å²) in [6, 6.07) is 1.72. The van der Waals surface area contributed by atoms with Crippen LogP contribution in [-0.4, -0.2) is 43.7 Å². The molecule has 0 saturated heterocycles. The fourth-order valence-corrected chi connectivity index (χ4v) is 1.41. The minimum Gasteiger partial charge on any atom is -0.397 e. The number of nitrogens with one attached hydrogen (secondary N) is 1. The summed E-state index contributed by atoms with van der Waals surface area (Å²) in [4.78, 5) is 4.15. The van der Waals surface area contributed by atoms with Gasteiger partial charge in [0.15, 0.2) is 0 Å². The van der Waals surface area contributed by atoms with E-state index in [2.05, 4.69) is 31.4 Å². The van der Waals surface area contributed by atoms with E-state index in [0.717, 1.165) is 29.8 Å². The number of nitrogens with zero attached hydrogens (tertiary/aromatic N) is 2. The van der Waals surface area contributed by atoms with Gasteiger partial charge in [-0.2, -0.15) is 0 Å². The molecule has 0 aliphatic heterocycles. The molecule has 1 heterocycles. The van der Waals surface area contributed by atoms with E-state index < -0.39 is 0 Å². The van der Waals surface area contributed by atoms with Crippen molar-refractivity contribution in [3.63, 3.8) is 0 Å². The van der Waals surface area contributed by atoms with Gasteiger partial charge >= 0.3 is 0 Å². The first-order valence-corrected chi connectivity index (χ1v) is 5.44. The molecule has 5 heteroatoms. The predicted octanol–water partition coefficient (Wildman–Crippen LogP) is 0.754. The van der Waals surface area contributed by atoms with Crippen LogP contribution in [0.4, 0.5) is 17.2 Å². The van der Waals surface area contributed by atoms with Crippen LogP contribution >= 0.6 is 0 Å². The Bertz CT molecular complexity index is 343. The van der Waals surface area contributed by atoms with Gasteiger partial charge in [-0.3, -0.25) is 0 Å². The van der Waals surface area contributed by atoms with E-state index in [9.17, 15) is 0 Å². The molecule has 0 aromatic carbocycles. The van der Waals surface area contributed by atoms with E-state index in [1.807, 2.05) is 0 Å². The maximum Gasteiger partial charge on any atom is 0.149 e. The third-order valence-electron chi connectivity index (χ3n) is 2.24. The molecule has 16 heavy (non-hydrogen) atoms. The highest BCUT2D eigenvalue weighted by molar-refractivity contribution is 5.65. The molecule has 1 aromatic heterocycles. The molecule has 1 rings (SSSR count). The van der Waals surface area contributed by atoms with Crippen LogP contribution in [0.15, 0.2) is 12.3 Å². The van der Waals surface area contributed by atoms with Crippen molar-refractivity contribution in [2.75, 3.05) is 51.0 Å². The molecule has 5 N–H and O–H groups in total. The van der Waals surface area contributed by atoms with Crippen molar-refractivity contribution in [1.82, 2.24) is 4.98 Å². The number of hydrogen-bond donors (Lipinski definition) is 3. The fraction of sp³-hybridized carbons (Fsp3) is 0.545. The Labute approximate surface area is 97.0 Å². The molecule has 0 fully saturated rings. The van der Waals surface area contributed by atoms with E-state index in [-0.39, 0.29) is 0 Å². The maximum absolute atomic E-state index is 5.78. The van der Waals surface area contributed by atoms with Crippen LogP contribution in [-0.2, 0) is 0 Å². The van der Waals surface area contributed by atoms with Crippen LogP contribution in [0.25, 0.3) is 0 Å². The highest BCUT2D eigenvalue weighted by atomic mass is 15.3. The minimum atomic E-state index is 0.592. The number of pyridine rings is 1. The lowest BCUT2D eigenvalue weighted by Gasteiger charge is -2.23. The van der Waals surface area contributed by atoms with Crippen molar-refractivity contribution in [1.29, 1.82) is 0 Å². The lowest BCUT2D eigenvalue weighted by Crippen LogP contribution is -2.36. The van der Waals surface area contributed by atoms with Crippen molar-refractivity contribution in [2.24, 2.45) is 0 Å². The van der Waals surface area contributed by atoms with Crippen molar-refractivity contribution in [2.45, 2.75) is 6.42 Å². The summed E-state index contributed by atoms with van der Waals surface area (Å²) < 4.78 is 0.965. The zero-order valence-electron chi connectivity index (χ0n) is 10.3. The molecule has 0 atom stereocenters. The monoisotopic (exact) mass is 224 g/mol. The van der Waals surface area contributed by atoms with Crippen molar-refractivity contribution in [3.8, 4) is 0 Å². The number of rotatable bonds is 5. The Morgan fingerprint density at radius 2 is 2.00 bits per heavy atom. The van der Waals surface area contributed by atoms with E-state index in [1.165, 1.54) is 0 Å². The van der Waals surface area contributed by atoms with Gasteiger partial charge in [-0.15, -0.1) is 0 Å². The molecule has 0 radical (unpaired) electrons. The Hall–Kier alpha value is -1.49. The summed E-state index contributed by atoms with van der Waals surface area (Å²) in [5, 5.41) is 3.21. The smallest absolute Gasteiger partial charge is 0.149 e. The van der Waals surface area contributed by atoms with Crippen molar-refractivity contribution < 1.29 is 4.48 Å². The highest BCUT2D eigenvalue weighted by Gasteiger charge is 2.06. The van der Waals surface area contributed by atoms with Gasteiger partial charge in [-0.05, 0) is 6.07 Å². The van der Waals surface area contributed by atoms with Crippen LogP contribution in [0.5, 0.6) is 0 Å². The normalized spacial score (nSPS) is 11.4. The molecule has 0 amide bonds. The zero-order valence-corrected chi connectivity index (χ0v) is 10.3. The van der Waals surface area contributed by atoms with Gasteiger partial charge in [-0.1, -0.05) is 0 Å². The first kappa shape index (κ1) is 12.6. The topological polar surface area (TPSA) is 77.0 Å². The first-order valence-electron chi connectivity index (χ1n) is 5.44. The zero-order chi connectivity index (χ0) is 12.2. The predicted molar refractivity (Wildman–Crippen MR) is 69.1 cm³/mol. The van der Waals surface area contributed by atoms with Gasteiger partial charge in [0.1, 0.15) is 5.82 Å². The third-order valence-corrected chi connectivity index (χ3v) is 2.24. The molecule has 0 spiro atoms. The summed E-state index contributed by atoms with van der Waals surface area (Å²) in [5.74, 6) is 0.718. The van der Waals surface area contributed by atoms with Gasteiger partial charge in [-0.25, -0.2) is 4.98 Å². The highest BCUT2D eigenvalue weighted by Crippen LogP contribution is 2.17. The van der Waals surface area contributed by atoms with Crippen LogP contribution in [0, 0.1) is 0 Å². The summed E-state index contributed by atoms with van der Waals surface area (Å²) in [6.45, 7) is 1.98. The van der Waals surface area contributed by atoms with E-state index in [1.54, 1.807) is 12.3 Å². The van der Waals surface area contributed by atoms with E-state index in [4.69, 9.17) is 11.5 Å². The Balaban J connectivity index is 2.38. The second kappa shape index (κ2) is 5.03. The van der Waals surface area contributed by atoms with Gasteiger partial charge in [0.2, 0.25) is 0 Å². The van der Waals surface area contributed by atoms with Gasteiger partial charge < -0.3 is 21.3 Å². The van der Waals surface area contributed by atoms with Crippen LogP contribution in [0.2, 0.25) is 0 Å². The average molecular weight is 224 g/mol. The number of hydrogen-bond acceptors (Lipinski definition) is 4. The van der Waals surface area contributed by atoms with Gasteiger partial charge in [0.25, 0.3) is 0 Å². The van der Waals surface area contributed by atoms with Crippen molar-refractivity contribution in [3.05, 3.63) is 12.3 Å². The molecular weight excluding hydrogens is 202 g/mol. The number of nitrogens with two attached hydrogens (primary N) is 2. The molecule has 5 nitrogen and oxygen atoms in total. The van der Waals surface area contributed by atoms with E-state index >= 15 is 0 Å². The Morgan fingerprint density at radius 3 is 2.56 bits per heavy atom. The molecule has 0 aliphatic rings. The lowest BCUT2D eigenvalue weighted by molar-refractivity contribution is -0.870. The molecule has 0 bridgehead atoms.